The summed E-state index contributed by atoms with van der Waals surface area (Å²) in [6.45, 7) is 4.45. The van der Waals surface area contributed by atoms with E-state index in [9.17, 15) is 4.79 Å². The van der Waals surface area contributed by atoms with Crippen molar-refractivity contribution in [3.8, 4) is 5.82 Å². The summed E-state index contributed by atoms with van der Waals surface area (Å²) in [4.78, 5) is 14.9. The summed E-state index contributed by atoms with van der Waals surface area (Å²) in [7, 11) is 0. The molecule has 4 rings (SSSR count). The van der Waals surface area contributed by atoms with E-state index in [0.29, 0.717) is 17.9 Å². The lowest BCUT2D eigenvalue weighted by Gasteiger charge is -2.24. The van der Waals surface area contributed by atoms with Gasteiger partial charge in [-0.2, -0.15) is 9.78 Å². The fourth-order valence-electron chi connectivity index (χ4n) is 3.30. The van der Waals surface area contributed by atoms with Crippen LogP contribution >= 0.6 is 0 Å². The monoisotopic (exact) mass is 328 g/mol. The fourth-order valence-corrected chi connectivity index (χ4v) is 3.30. The van der Waals surface area contributed by atoms with Crippen LogP contribution in [-0.2, 0) is 0 Å². The maximum atomic E-state index is 13.1. The molecule has 0 bridgehead atoms. The Morgan fingerprint density at radius 1 is 1.42 bits per heavy atom. The van der Waals surface area contributed by atoms with Crippen LogP contribution in [0.2, 0.25) is 0 Å². The third-order valence-corrected chi connectivity index (χ3v) is 4.36. The Balaban J connectivity index is 1.69. The number of carbonyl (C=O) groups is 1. The molecule has 4 heterocycles. The van der Waals surface area contributed by atoms with Gasteiger partial charge in [0, 0.05) is 12.1 Å². The lowest BCUT2D eigenvalue weighted by atomic mass is 10.0. The van der Waals surface area contributed by atoms with Crippen molar-refractivity contribution < 1.29 is 9.32 Å². The number of H-pyrrole nitrogens is 1. The van der Waals surface area contributed by atoms with Gasteiger partial charge in [-0.3, -0.25) is 9.89 Å². The topological polar surface area (TPSA) is 119 Å². The van der Waals surface area contributed by atoms with Gasteiger partial charge in [0.2, 0.25) is 0 Å². The van der Waals surface area contributed by atoms with Crippen LogP contribution in [0.25, 0.3) is 5.82 Å². The number of rotatable bonds is 3. The molecule has 3 aromatic heterocycles. The number of carbonyl (C=O) groups excluding carboxylic acids is 1. The first kappa shape index (κ1) is 14.5. The third-order valence-electron chi connectivity index (χ3n) is 4.36. The Kier molecular flexibility index (Phi) is 3.36. The number of nitrogens with one attached hydrogen (secondary N) is 1. The molecule has 3 aromatic rings. The highest BCUT2D eigenvalue weighted by atomic mass is 16.5. The lowest BCUT2D eigenvalue weighted by Crippen LogP contribution is -2.31. The van der Waals surface area contributed by atoms with Gasteiger partial charge in [0.25, 0.3) is 5.91 Å². The molecule has 24 heavy (non-hydrogen) atoms. The number of hydrogen-bond acceptors (Lipinski definition) is 7. The zero-order valence-electron chi connectivity index (χ0n) is 13.3. The van der Waals surface area contributed by atoms with E-state index in [1.165, 1.54) is 17.2 Å². The van der Waals surface area contributed by atoms with E-state index in [1.807, 2.05) is 18.7 Å². The molecule has 1 fully saturated rings. The zero-order valence-corrected chi connectivity index (χ0v) is 13.3. The van der Waals surface area contributed by atoms with E-state index in [-0.39, 0.29) is 11.9 Å². The molecule has 0 aromatic carbocycles. The van der Waals surface area contributed by atoms with Gasteiger partial charge in [0.15, 0.2) is 5.82 Å². The molecule has 1 amide bonds. The van der Waals surface area contributed by atoms with Crippen LogP contribution in [-0.4, -0.2) is 52.9 Å². The largest absolute Gasteiger partial charge is 0.361 e. The van der Waals surface area contributed by atoms with Crippen molar-refractivity contribution >= 4 is 5.91 Å². The molecule has 1 aliphatic heterocycles. The first-order valence-corrected chi connectivity index (χ1v) is 7.67. The van der Waals surface area contributed by atoms with E-state index in [4.69, 9.17) is 4.52 Å². The first-order chi connectivity index (χ1) is 11.7. The van der Waals surface area contributed by atoms with Crippen molar-refractivity contribution in [2.45, 2.75) is 32.7 Å². The van der Waals surface area contributed by atoms with Crippen LogP contribution in [0.3, 0.4) is 0 Å². The molecule has 0 saturated carbocycles. The molecule has 1 aliphatic rings. The van der Waals surface area contributed by atoms with E-state index < -0.39 is 0 Å². The summed E-state index contributed by atoms with van der Waals surface area (Å²) >= 11 is 0. The third kappa shape index (κ3) is 2.18. The molecule has 10 heteroatoms. The van der Waals surface area contributed by atoms with Gasteiger partial charge in [-0.15, -0.1) is 5.10 Å². The normalized spacial score (nSPS) is 17.6. The van der Waals surface area contributed by atoms with Gasteiger partial charge in [-0.05, 0) is 37.1 Å². The molecule has 0 spiro atoms. The summed E-state index contributed by atoms with van der Waals surface area (Å²) in [6.07, 6.45) is 4.73. The molecule has 10 nitrogen and oxygen atoms in total. The van der Waals surface area contributed by atoms with Crippen molar-refractivity contribution in [2.75, 3.05) is 6.54 Å². The van der Waals surface area contributed by atoms with E-state index in [2.05, 4.69) is 30.9 Å². The summed E-state index contributed by atoms with van der Waals surface area (Å²) in [6, 6.07) is -0.0413. The van der Waals surface area contributed by atoms with Crippen LogP contribution in [0.15, 0.2) is 17.0 Å². The molecule has 1 atom stereocenters. The van der Waals surface area contributed by atoms with Crippen LogP contribution in [0.1, 0.15) is 46.3 Å². The van der Waals surface area contributed by atoms with Gasteiger partial charge in [0.05, 0.1) is 17.9 Å². The van der Waals surface area contributed by atoms with Crippen LogP contribution in [0.4, 0.5) is 0 Å². The van der Waals surface area contributed by atoms with E-state index in [0.717, 1.165) is 29.9 Å². The van der Waals surface area contributed by atoms with Gasteiger partial charge in [0.1, 0.15) is 17.7 Å². The van der Waals surface area contributed by atoms with E-state index in [1.54, 1.807) is 0 Å². The van der Waals surface area contributed by atoms with Crippen molar-refractivity contribution in [1.29, 1.82) is 0 Å². The van der Waals surface area contributed by atoms with Crippen molar-refractivity contribution in [3.63, 3.8) is 0 Å². The quantitative estimate of drug-likeness (QED) is 0.760. The Hall–Kier alpha value is -3.04. The summed E-state index contributed by atoms with van der Waals surface area (Å²) in [5.74, 6) is 1.09. The number of aromatic nitrogens is 7. The standard InChI is InChI=1S/C14H16N8O2/c1-8-12(9(2)24-18-8)11-4-3-5-21(11)14(23)10-6-15-17-13(10)22-7-16-19-20-22/h6-7,11H,3-5H2,1-2H3,(H,15,17)/t11-/m1/s1. The minimum Gasteiger partial charge on any atom is -0.361 e. The number of aromatic amines is 1. The summed E-state index contributed by atoms with van der Waals surface area (Å²) in [5.41, 5.74) is 2.25. The predicted octanol–water partition coefficient (Wildman–Crippen LogP) is 0.968. The molecule has 0 unspecified atom stereocenters. The van der Waals surface area contributed by atoms with Crippen molar-refractivity contribution in [1.82, 2.24) is 40.5 Å². The second-order valence-electron chi connectivity index (χ2n) is 5.78. The van der Waals surface area contributed by atoms with Gasteiger partial charge >= 0.3 is 0 Å². The molecule has 0 radical (unpaired) electrons. The smallest absolute Gasteiger partial charge is 0.259 e. The van der Waals surface area contributed by atoms with Crippen molar-refractivity contribution in [2.24, 2.45) is 0 Å². The number of aryl methyl sites for hydroxylation is 2. The molecule has 0 aliphatic carbocycles. The minimum atomic E-state index is -0.114. The Bertz CT molecular complexity index is 846. The molecular weight excluding hydrogens is 312 g/mol. The first-order valence-electron chi connectivity index (χ1n) is 7.67. The van der Waals surface area contributed by atoms with Crippen LogP contribution < -0.4 is 0 Å². The number of nitrogens with zero attached hydrogens (tertiary/aromatic N) is 7. The predicted molar refractivity (Wildman–Crippen MR) is 80.3 cm³/mol. The number of amides is 1. The number of likely N-dealkylation sites (tertiary alicyclic amines) is 1. The second kappa shape index (κ2) is 5.55. The maximum Gasteiger partial charge on any atom is 0.259 e. The SMILES string of the molecule is Cc1noc(C)c1[C@H]1CCCN1C(=O)c1cn[nH]c1-n1cnnn1. The molecule has 124 valence electrons. The Morgan fingerprint density at radius 2 is 2.29 bits per heavy atom. The second-order valence-corrected chi connectivity index (χ2v) is 5.78. The molecular formula is C14H16N8O2. The maximum absolute atomic E-state index is 13.1. The highest BCUT2D eigenvalue weighted by Crippen LogP contribution is 2.36. The lowest BCUT2D eigenvalue weighted by molar-refractivity contribution is 0.0734. The van der Waals surface area contributed by atoms with Crippen molar-refractivity contribution in [3.05, 3.63) is 35.1 Å². The average Bonchev–Trinajstić information content (AvgIpc) is 3.34. The Morgan fingerprint density at radius 3 is 3.00 bits per heavy atom. The fraction of sp³-hybridized carbons (Fsp3) is 0.429. The minimum absolute atomic E-state index is 0.0413. The molecule has 1 N–H and O–H groups in total. The summed E-state index contributed by atoms with van der Waals surface area (Å²) in [5, 5.41) is 21.8. The van der Waals surface area contributed by atoms with Gasteiger partial charge in [-0.25, -0.2) is 0 Å². The average molecular weight is 328 g/mol. The Labute approximate surface area is 136 Å². The van der Waals surface area contributed by atoms with Crippen LogP contribution in [0, 0.1) is 13.8 Å². The number of tetrazole rings is 1. The van der Waals surface area contributed by atoms with Crippen LogP contribution in [0.5, 0.6) is 0 Å². The van der Waals surface area contributed by atoms with Gasteiger partial charge in [-0.1, -0.05) is 5.16 Å². The summed E-state index contributed by atoms with van der Waals surface area (Å²) < 4.78 is 6.66. The number of hydrogen-bond donors (Lipinski definition) is 1. The molecule has 1 saturated heterocycles. The zero-order chi connectivity index (χ0) is 16.7. The highest BCUT2D eigenvalue weighted by molar-refractivity contribution is 5.97. The van der Waals surface area contributed by atoms with E-state index >= 15 is 0 Å². The highest BCUT2D eigenvalue weighted by Gasteiger charge is 2.35. The van der Waals surface area contributed by atoms with Gasteiger partial charge < -0.3 is 9.42 Å².